The molecule has 15 heavy (non-hydrogen) atoms. The largest absolute Gasteiger partial charge is 0.464 e. The summed E-state index contributed by atoms with van der Waals surface area (Å²) in [4.78, 5) is 35.2. The van der Waals surface area contributed by atoms with Gasteiger partial charge in [-0.25, -0.2) is 4.79 Å². The van der Waals surface area contributed by atoms with Crippen LogP contribution in [-0.2, 0) is 16.1 Å². The van der Waals surface area contributed by atoms with Gasteiger partial charge in [-0.15, -0.1) is 0 Å². The normalized spacial score (nSPS) is 9.93. The number of nitrogens with one attached hydrogen (secondary N) is 1. The topological polar surface area (TPSA) is 107 Å². The zero-order valence-electron chi connectivity index (χ0n) is 8.15. The van der Waals surface area contributed by atoms with Gasteiger partial charge in [-0.1, -0.05) is 0 Å². The Morgan fingerprint density at radius 3 is 2.80 bits per heavy atom. The first kappa shape index (κ1) is 11.0. The molecule has 1 aromatic rings. The Bertz CT molecular complexity index is 442. The molecule has 82 valence electrons. The van der Waals surface area contributed by atoms with Crippen molar-refractivity contribution in [1.82, 2.24) is 9.55 Å². The van der Waals surface area contributed by atoms with Crippen molar-refractivity contribution >= 4 is 11.8 Å². The third-order valence-electron chi connectivity index (χ3n) is 1.66. The summed E-state index contributed by atoms with van der Waals surface area (Å²) in [5.41, 5.74) is 4.11. The average Bonchev–Trinajstić information content (AvgIpc) is 2.08. The molecule has 0 aliphatic heterocycles. The highest BCUT2D eigenvalue weighted by molar-refractivity contribution is 5.65. The fourth-order valence-electron chi connectivity index (χ4n) is 1.03. The molecule has 0 amide bonds. The van der Waals surface area contributed by atoms with Crippen LogP contribution in [0.5, 0.6) is 0 Å². The van der Waals surface area contributed by atoms with E-state index in [1.165, 1.54) is 6.92 Å². The fourth-order valence-corrected chi connectivity index (χ4v) is 1.03. The maximum atomic E-state index is 11.3. The molecular formula is C8H11N3O4. The van der Waals surface area contributed by atoms with Gasteiger partial charge in [-0.05, 0) is 0 Å². The van der Waals surface area contributed by atoms with Crippen molar-refractivity contribution in [2.45, 2.75) is 13.5 Å². The van der Waals surface area contributed by atoms with Crippen molar-refractivity contribution in [3.8, 4) is 0 Å². The maximum Gasteiger partial charge on any atom is 0.330 e. The highest BCUT2D eigenvalue weighted by Gasteiger charge is 2.02. The van der Waals surface area contributed by atoms with Gasteiger partial charge >= 0.3 is 11.7 Å². The van der Waals surface area contributed by atoms with Crippen molar-refractivity contribution in [2.24, 2.45) is 0 Å². The molecule has 7 heteroatoms. The van der Waals surface area contributed by atoms with Gasteiger partial charge in [0.25, 0.3) is 5.56 Å². The van der Waals surface area contributed by atoms with Crippen LogP contribution in [0.2, 0.25) is 0 Å². The SMILES string of the molecule is CC(=O)OCCn1c(=O)cc(N)[nH]c1=O. The van der Waals surface area contributed by atoms with Gasteiger partial charge in [0.15, 0.2) is 0 Å². The Morgan fingerprint density at radius 1 is 1.60 bits per heavy atom. The molecule has 0 fully saturated rings. The van der Waals surface area contributed by atoms with E-state index >= 15 is 0 Å². The molecule has 0 bridgehead atoms. The van der Waals surface area contributed by atoms with Gasteiger partial charge in [0.1, 0.15) is 12.4 Å². The van der Waals surface area contributed by atoms with Crippen LogP contribution in [0.1, 0.15) is 6.92 Å². The Balaban J connectivity index is 2.82. The second kappa shape index (κ2) is 4.45. The molecule has 0 saturated heterocycles. The van der Waals surface area contributed by atoms with E-state index in [1.807, 2.05) is 0 Å². The van der Waals surface area contributed by atoms with E-state index in [-0.39, 0.29) is 19.0 Å². The van der Waals surface area contributed by atoms with Gasteiger partial charge in [0, 0.05) is 13.0 Å². The number of ether oxygens (including phenoxy) is 1. The number of H-pyrrole nitrogens is 1. The molecular weight excluding hydrogens is 202 g/mol. The van der Waals surface area contributed by atoms with Crippen LogP contribution < -0.4 is 17.0 Å². The summed E-state index contributed by atoms with van der Waals surface area (Å²) in [6.45, 7) is 1.23. The predicted molar refractivity (Wildman–Crippen MR) is 52.4 cm³/mol. The molecule has 1 rings (SSSR count). The Hall–Kier alpha value is -2.05. The summed E-state index contributed by atoms with van der Waals surface area (Å²) in [7, 11) is 0. The molecule has 0 aliphatic carbocycles. The van der Waals surface area contributed by atoms with E-state index in [0.717, 1.165) is 10.6 Å². The van der Waals surface area contributed by atoms with Gasteiger partial charge in [-0.2, -0.15) is 0 Å². The first-order valence-corrected chi connectivity index (χ1v) is 4.23. The Kier molecular flexibility index (Phi) is 3.27. The smallest absolute Gasteiger partial charge is 0.330 e. The summed E-state index contributed by atoms with van der Waals surface area (Å²) in [5.74, 6) is -0.455. The van der Waals surface area contributed by atoms with Gasteiger partial charge in [0.05, 0.1) is 6.54 Å². The zero-order valence-corrected chi connectivity index (χ0v) is 8.15. The molecule has 3 N–H and O–H groups in total. The molecule has 0 spiro atoms. The lowest BCUT2D eigenvalue weighted by Gasteiger charge is -2.04. The second-order valence-corrected chi connectivity index (χ2v) is 2.86. The number of anilines is 1. The summed E-state index contributed by atoms with van der Waals surface area (Å²) < 4.78 is 5.51. The Morgan fingerprint density at radius 2 is 2.27 bits per heavy atom. The standard InChI is InChI=1S/C8H11N3O4/c1-5(12)15-3-2-11-7(13)4-6(9)10-8(11)14/h4H,2-3,9H2,1H3,(H,10,14). The second-order valence-electron chi connectivity index (χ2n) is 2.86. The average molecular weight is 213 g/mol. The number of rotatable bonds is 3. The zero-order chi connectivity index (χ0) is 11.4. The monoisotopic (exact) mass is 213 g/mol. The van der Waals surface area contributed by atoms with Gasteiger partial charge in [0.2, 0.25) is 0 Å². The summed E-state index contributed by atoms with van der Waals surface area (Å²) in [6, 6.07) is 1.09. The minimum absolute atomic E-state index is 0.00796. The van der Waals surface area contributed by atoms with Gasteiger partial charge in [-0.3, -0.25) is 19.1 Å². The van der Waals surface area contributed by atoms with E-state index < -0.39 is 17.2 Å². The molecule has 0 saturated carbocycles. The molecule has 0 atom stereocenters. The molecule has 0 radical (unpaired) electrons. The van der Waals surface area contributed by atoms with E-state index in [2.05, 4.69) is 9.72 Å². The number of hydrogen-bond donors (Lipinski definition) is 2. The summed E-state index contributed by atoms with van der Waals surface area (Å²) in [5, 5.41) is 0. The number of carbonyl (C=O) groups excluding carboxylic acids is 1. The van der Waals surface area contributed by atoms with E-state index in [0.29, 0.717) is 0 Å². The van der Waals surface area contributed by atoms with Crippen LogP contribution in [-0.4, -0.2) is 22.1 Å². The van der Waals surface area contributed by atoms with Crippen LogP contribution in [0.4, 0.5) is 5.82 Å². The van der Waals surface area contributed by atoms with E-state index in [9.17, 15) is 14.4 Å². The lowest BCUT2D eigenvalue weighted by Crippen LogP contribution is -2.36. The number of nitrogens with two attached hydrogens (primary N) is 1. The number of hydrogen-bond acceptors (Lipinski definition) is 5. The first-order valence-electron chi connectivity index (χ1n) is 4.23. The van der Waals surface area contributed by atoms with Crippen LogP contribution in [0.15, 0.2) is 15.7 Å². The first-order chi connectivity index (χ1) is 7.00. The number of aromatic nitrogens is 2. The third-order valence-corrected chi connectivity index (χ3v) is 1.66. The number of aromatic amines is 1. The lowest BCUT2D eigenvalue weighted by atomic mass is 10.5. The van der Waals surface area contributed by atoms with Gasteiger partial charge < -0.3 is 10.5 Å². The number of nitrogen functional groups attached to an aromatic ring is 1. The maximum absolute atomic E-state index is 11.3. The quantitative estimate of drug-likeness (QED) is 0.605. The van der Waals surface area contributed by atoms with Crippen LogP contribution in [0.3, 0.4) is 0 Å². The molecule has 0 aromatic carbocycles. The number of carbonyl (C=O) groups is 1. The molecule has 0 aliphatic rings. The van der Waals surface area contributed by atoms with E-state index in [4.69, 9.17) is 5.73 Å². The predicted octanol–water partition coefficient (Wildman–Crippen LogP) is -1.32. The summed E-state index contributed by atoms with van der Waals surface area (Å²) >= 11 is 0. The third kappa shape index (κ3) is 2.97. The Labute approximate surface area is 84.5 Å². The van der Waals surface area contributed by atoms with Crippen LogP contribution in [0.25, 0.3) is 0 Å². The number of esters is 1. The van der Waals surface area contributed by atoms with Crippen molar-refractivity contribution in [3.63, 3.8) is 0 Å². The van der Waals surface area contributed by atoms with Crippen molar-refractivity contribution < 1.29 is 9.53 Å². The highest BCUT2D eigenvalue weighted by atomic mass is 16.5. The van der Waals surface area contributed by atoms with Crippen molar-refractivity contribution in [1.29, 1.82) is 0 Å². The van der Waals surface area contributed by atoms with E-state index in [1.54, 1.807) is 0 Å². The van der Waals surface area contributed by atoms with Crippen LogP contribution in [0, 0.1) is 0 Å². The molecule has 0 unspecified atom stereocenters. The van der Waals surface area contributed by atoms with Crippen molar-refractivity contribution in [3.05, 3.63) is 26.9 Å². The lowest BCUT2D eigenvalue weighted by molar-refractivity contribution is -0.141. The van der Waals surface area contributed by atoms with Crippen molar-refractivity contribution in [2.75, 3.05) is 12.3 Å². The van der Waals surface area contributed by atoms with Crippen LogP contribution >= 0.6 is 0 Å². The minimum Gasteiger partial charge on any atom is -0.464 e. The highest BCUT2D eigenvalue weighted by Crippen LogP contribution is 1.84. The minimum atomic E-state index is -0.618. The fraction of sp³-hybridized carbons (Fsp3) is 0.375. The molecule has 1 heterocycles. The molecule has 7 nitrogen and oxygen atoms in total. The number of nitrogens with zero attached hydrogens (tertiary/aromatic N) is 1. The molecule has 1 aromatic heterocycles. The summed E-state index contributed by atoms with van der Waals surface area (Å²) in [6.07, 6.45) is 0.